The van der Waals surface area contributed by atoms with Gasteiger partial charge in [0.25, 0.3) is 0 Å². The van der Waals surface area contributed by atoms with Crippen LogP contribution in [0.15, 0.2) is 6.20 Å². The van der Waals surface area contributed by atoms with Crippen LogP contribution in [0.5, 0.6) is 0 Å². The topological polar surface area (TPSA) is 43.8 Å². The third-order valence-electron chi connectivity index (χ3n) is 2.15. The minimum absolute atomic E-state index is 0.576. The Morgan fingerprint density at radius 3 is 3.00 bits per heavy atom. The van der Waals surface area contributed by atoms with E-state index in [-0.39, 0.29) is 0 Å². The second-order valence-electron chi connectivity index (χ2n) is 3.18. The largest absolute Gasteiger partial charge is 0.325 e. The fourth-order valence-corrected chi connectivity index (χ4v) is 1.45. The molecule has 0 aliphatic heterocycles. The molecule has 11 heavy (non-hydrogen) atoms. The number of nitrogens with two attached hydrogens (primary N) is 1. The van der Waals surface area contributed by atoms with Crippen molar-refractivity contribution in [2.75, 3.05) is 0 Å². The lowest BCUT2D eigenvalue weighted by Crippen LogP contribution is -2.00. The van der Waals surface area contributed by atoms with Gasteiger partial charge in [-0.3, -0.25) is 4.68 Å². The standard InChI is InChI=1S/C8H13N3/c1-11-5-7(6-2-3-6)8(4-9)10-11/h5-6H,2-4,9H2,1H3. The quantitative estimate of drug-likeness (QED) is 0.678. The molecule has 3 heteroatoms. The Balaban J connectivity index is 2.34. The number of aryl methyl sites for hydroxylation is 1. The van der Waals surface area contributed by atoms with Crippen molar-refractivity contribution in [1.29, 1.82) is 0 Å². The molecule has 2 rings (SSSR count). The Labute approximate surface area is 66.2 Å². The molecule has 0 bridgehead atoms. The Kier molecular flexibility index (Phi) is 1.46. The fourth-order valence-electron chi connectivity index (χ4n) is 1.45. The van der Waals surface area contributed by atoms with Gasteiger partial charge in [-0.25, -0.2) is 0 Å². The first-order valence-corrected chi connectivity index (χ1v) is 4.03. The molecule has 1 aliphatic carbocycles. The van der Waals surface area contributed by atoms with Crippen LogP contribution in [-0.4, -0.2) is 9.78 Å². The molecule has 1 aromatic rings. The summed E-state index contributed by atoms with van der Waals surface area (Å²) in [7, 11) is 1.95. The van der Waals surface area contributed by atoms with Crippen molar-refractivity contribution in [2.45, 2.75) is 25.3 Å². The molecule has 0 radical (unpaired) electrons. The third-order valence-corrected chi connectivity index (χ3v) is 2.15. The summed E-state index contributed by atoms with van der Waals surface area (Å²) in [6.07, 6.45) is 4.73. The molecular formula is C8H13N3. The molecule has 0 unspecified atom stereocenters. The lowest BCUT2D eigenvalue weighted by Gasteiger charge is -1.92. The molecule has 0 spiro atoms. The van der Waals surface area contributed by atoms with Crippen LogP contribution in [0, 0.1) is 0 Å². The average molecular weight is 151 g/mol. The zero-order valence-corrected chi connectivity index (χ0v) is 6.75. The number of hydrogen-bond donors (Lipinski definition) is 1. The van der Waals surface area contributed by atoms with Gasteiger partial charge in [-0.2, -0.15) is 5.10 Å². The van der Waals surface area contributed by atoms with Crippen LogP contribution in [0.3, 0.4) is 0 Å². The van der Waals surface area contributed by atoms with E-state index in [4.69, 9.17) is 5.73 Å². The van der Waals surface area contributed by atoms with Crippen molar-refractivity contribution in [1.82, 2.24) is 9.78 Å². The number of rotatable bonds is 2. The molecule has 0 amide bonds. The van der Waals surface area contributed by atoms with Crippen LogP contribution in [0.25, 0.3) is 0 Å². The Hall–Kier alpha value is -0.830. The summed E-state index contributed by atoms with van der Waals surface area (Å²) in [6.45, 7) is 0.576. The minimum atomic E-state index is 0.576. The Morgan fingerprint density at radius 2 is 2.45 bits per heavy atom. The summed E-state index contributed by atoms with van der Waals surface area (Å²) < 4.78 is 1.86. The van der Waals surface area contributed by atoms with E-state index < -0.39 is 0 Å². The molecule has 1 saturated carbocycles. The minimum Gasteiger partial charge on any atom is -0.325 e. The van der Waals surface area contributed by atoms with Gasteiger partial charge in [0.05, 0.1) is 5.69 Å². The van der Waals surface area contributed by atoms with Gasteiger partial charge in [-0.15, -0.1) is 0 Å². The van der Waals surface area contributed by atoms with Crippen molar-refractivity contribution in [2.24, 2.45) is 12.8 Å². The van der Waals surface area contributed by atoms with E-state index in [0.717, 1.165) is 11.6 Å². The monoisotopic (exact) mass is 151 g/mol. The Bertz CT molecular complexity index is 260. The predicted molar refractivity (Wildman–Crippen MR) is 43.1 cm³/mol. The van der Waals surface area contributed by atoms with Crippen LogP contribution >= 0.6 is 0 Å². The maximum absolute atomic E-state index is 5.55. The first kappa shape index (κ1) is 6.85. The molecule has 2 N–H and O–H groups in total. The molecule has 1 aliphatic rings. The maximum atomic E-state index is 5.55. The van der Waals surface area contributed by atoms with Gasteiger partial charge in [-0.1, -0.05) is 0 Å². The molecular weight excluding hydrogens is 138 g/mol. The zero-order valence-electron chi connectivity index (χ0n) is 6.75. The lowest BCUT2D eigenvalue weighted by molar-refractivity contribution is 0.742. The number of aromatic nitrogens is 2. The first-order valence-electron chi connectivity index (χ1n) is 4.03. The molecule has 0 saturated heterocycles. The number of hydrogen-bond acceptors (Lipinski definition) is 2. The van der Waals surface area contributed by atoms with E-state index in [2.05, 4.69) is 11.3 Å². The second-order valence-corrected chi connectivity index (χ2v) is 3.18. The van der Waals surface area contributed by atoms with Crippen LogP contribution in [0.1, 0.15) is 30.0 Å². The van der Waals surface area contributed by atoms with Crippen molar-refractivity contribution >= 4 is 0 Å². The van der Waals surface area contributed by atoms with Crippen LogP contribution < -0.4 is 5.73 Å². The summed E-state index contributed by atoms with van der Waals surface area (Å²) in [5, 5.41) is 4.28. The maximum Gasteiger partial charge on any atom is 0.0794 e. The van der Waals surface area contributed by atoms with E-state index in [1.807, 2.05) is 11.7 Å². The SMILES string of the molecule is Cn1cc(C2CC2)c(CN)n1. The van der Waals surface area contributed by atoms with Gasteiger partial charge in [-0.05, 0) is 24.3 Å². The highest BCUT2D eigenvalue weighted by Crippen LogP contribution is 2.41. The fraction of sp³-hybridized carbons (Fsp3) is 0.625. The van der Waals surface area contributed by atoms with Crippen molar-refractivity contribution < 1.29 is 0 Å². The third kappa shape index (κ3) is 1.16. The number of nitrogens with zero attached hydrogens (tertiary/aromatic N) is 2. The highest BCUT2D eigenvalue weighted by molar-refractivity contribution is 5.25. The van der Waals surface area contributed by atoms with Gasteiger partial charge in [0.1, 0.15) is 0 Å². The van der Waals surface area contributed by atoms with Crippen LogP contribution in [-0.2, 0) is 13.6 Å². The molecule has 1 aromatic heterocycles. The molecule has 1 fully saturated rings. The molecule has 1 heterocycles. The van der Waals surface area contributed by atoms with Crippen LogP contribution in [0.2, 0.25) is 0 Å². The Morgan fingerprint density at radius 1 is 1.73 bits per heavy atom. The smallest absolute Gasteiger partial charge is 0.0794 e. The summed E-state index contributed by atoms with van der Waals surface area (Å²) in [4.78, 5) is 0. The van der Waals surface area contributed by atoms with Crippen LogP contribution in [0.4, 0.5) is 0 Å². The molecule has 0 atom stereocenters. The normalized spacial score (nSPS) is 17.3. The summed E-state index contributed by atoms with van der Waals surface area (Å²) in [5.41, 5.74) is 8.00. The lowest BCUT2D eigenvalue weighted by atomic mass is 10.2. The zero-order chi connectivity index (χ0) is 7.84. The average Bonchev–Trinajstić information content (AvgIpc) is 2.75. The predicted octanol–water partition coefficient (Wildman–Crippen LogP) is 0.756. The van der Waals surface area contributed by atoms with E-state index in [9.17, 15) is 0 Å². The van der Waals surface area contributed by atoms with Gasteiger partial charge in [0, 0.05) is 19.8 Å². The first-order chi connectivity index (χ1) is 5.31. The summed E-state index contributed by atoms with van der Waals surface area (Å²) in [5.74, 6) is 0.766. The molecule has 3 nitrogen and oxygen atoms in total. The van der Waals surface area contributed by atoms with Gasteiger partial charge in [0.15, 0.2) is 0 Å². The summed E-state index contributed by atoms with van der Waals surface area (Å²) >= 11 is 0. The summed E-state index contributed by atoms with van der Waals surface area (Å²) in [6, 6.07) is 0. The highest BCUT2D eigenvalue weighted by atomic mass is 15.3. The second kappa shape index (κ2) is 2.34. The molecule has 0 aromatic carbocycles. The van der Waals surface area contributed by atoms with Gasteiger partial charge < -0.3 is 5.73 Å². The van der Waals surface area contributed by atoms with Crippen molar-refractivity contribution in [3.8, 4) is 0 Å². The van der Waals surface area contributed by atoms with E-state index in [1.165, 1.54) is 18.4 Å². The molecule has 60 valence electrons. The van der Waals surface area contributed by atoms with Gasteiger partial charge in [0.2, 0.25) is 0 Å². The van der Waals surface area contributed by atoms with Crippen molar-refractivity contribution in [3.63, 3.8) is 0 Å². The van der Waals surface area contributed by atoms with E-state index in [1.54, 1.807) is 0 Å². The van der Waals surface area contributed by atoms with E-state index in [0.29, 0.717) is 6.54 Å². The van der Waals surface area contributed by atoms with Gasteiger partial charge >= 0.3 is 0 Å². The van der Waals surface area contributed by atoms with Crippen molar-refractivity contribution in [3.05, 3.63) is 17.5 Å². The van der Waals surface area contributed by atoms with E-state index >= 15 is 0 Å². The highest BCUT2D eigenvalue weighted by Gasteiger charge is 2.27.